The van der Waals surface area contributed by atoms with Crippen molar-refractivity contribution >= 4 is 5.95 Å². The van der Waals surface area contributed by atoms with Gasteiger partial charge >= 0.3 is 0 Å². The number of nitrogens with zero attached hydrogens (tertiary/aromatic N) is 4. The standard InChI is InChI=1S/C14H27N5O/c1-17(2)14-16-12-13(18(14)3)11-15-5-4-6-19-7-9-20-10-8-19/h12,15H,4-11H2,1-3H3. The zero-order valence-corrected chi connectivity index (χ0v) is 12.9. The maximum atomic E-state index is 5.35. The lowest BCUT2D eigenvalue weighted by Crippen LogP contribution is -2.37. The number of morpholine rings is 1. The summed E-state index contributed by atoms with van der Waals surface area (Å²) in [5.41, 5.74) is 1.22. The zero-order chi connectivity index (χ0) is 14.4. The Labute approximate surface area is 121 Å². The van der Waals surface area contributed by atoms with E-state index in [1.807, 2.05) is 25.2 Å². The van der Waals surface area contributed by atoms with Gasteiger partial charge in [0.2, 0.25) is 5.95 Å². The molecule has 2 rings (SSSR count). The van der Waals surface area contributed by atoms with E-state index >= 15 is 0 Å². The average Bonchev–Trinajstić information content (AvgIpc) is 2.81. The van der Waals surface area contributed by atoms with Crippen LogP contribution in [0.1, 0.15) is 12.1 Å². The van der Waals surface area contributed by atoms with Crippen molar-refractivity contribution in [1.82, 2.24) is 19.8 Å². The van der Waals surface area contributed by atoms with Crippen molar-refractivity contribution < 1.29 is 4.74 Å². The number of ether oxygens (including phenoxy) is 1. The molecule has 1 aliphatic rings. The summed E-state index contributed by atoms with van der Waals surface area (Å²) in [5, 5.41) is 3.50. The predicted octanol–water partition coefficient (Wildman–Crippen LogP) is 0.298. The van der Waals surface area contributed by atoms with Crippen molar-refractivity contribution in [2.75, 3.05) is 58.4 Å². The first-order valence-electron chi connectivity index (χ1n) is 7.37. The van der Waals surface area contributed by atoms with Gasteiger partial charge in [-0.25, -0.2) is 4.98 Å². The average molecular weight is 281 g/mol. The fourth-order valence-electron chi connectivity index (χ4n) is 2.48. The Morgan fingerprint density at radius 3 is 2.75 bits per heavy atom. The minimum atomic E-state index is 0.875. The quantitative estimate of drug-likeness (QED) is 0.728. The van der Waals surface area contributed by atoms with Crippen LogP contribution in [0, 0.1) is 0 Å². The smallest absolute Gasteiger partial charge is 0.204 e. The molecule has 0 bridgehead atoms. The molecule has 0 aromatic carbocycles. The Balaban J connectivity index is 1.63. The molecule has 1 N–H and O–H groups in total. The Bertz CT molecular complexity index is 398. The van der Waals surface area contributed by atoms with Gasteiger partial charge in [0, 0.05) is 40.8 Å². The third kappa shape index (κ3) is 4.19. The molecule has 6 nitrogen and oxygen atoms in total. The second kappa shape index (κ2) is 7.61. The second-order valence-corrected chi connectivity index (χ2v) is 5.49. The van der Waals surface area contributed by atoms with Gasteiger partial charge in [0.1, 0.15) is 0 Å². The first-order valence-corrected chi connectivity index (χ1v) is 7.37. The number of rotatable bonds is 7. The van der Waals surface area contributed by atoms with E-state index in [4.69, 9.17) is 4.74 Å². The molecule has 114 valence electrons. The molecule has 0 atom stereocenters. The Morgan fingerprint density at radius 2 is 2.10 bits per heavy atom. The summed E-state index contributed by atoms with van der Waals surface area (Å²) in [4.78, 5) is 8.92. The summed E-state index contributed by atoms with van der Waals surface area (Å²) in [6, 6.07) is 0. The van der Waals surface area contributed by atoms with Crippen LogP contribution in [0.15, 0.2) is 6.20 Å². The van der Waals surface area contributed by atoms with Crippen molar-refractivity contribution in [2.24, 2.45) is 7.05 Å². The minimum Gasteiger partial charge on any atom is -0.379 e. The van der Waals surface area contributed by atoms with Crippen LogP contribution in [-0.4, -0.2) is 67.9 Å². The highest BCUT2D eigenvalue weighted by Crippen LogP contribution is 2.10. The van der Waals surface area contributed by atoms with Crippen LogP contribution in [0.3, 0.4) is 0 Å². The summed E-state index contributed by atoms with van der Waals surface area (Å²) in [7, 11) is 6.09. The lowest BCUT2D eigenvalue weighted by Gasteiger charge is -2.26. The van der Waals surface area contributed by atoms with Crippen molar-refractivity contribution in [3.8, 4) is 0 Å². The summed E-state index contributed by atoms with van der Waals surface area (Å²) in [5.74, 6) is 0.995. The van der Waals surface area contributed by atoms with Crippen LogP contribution in [-0.2, 0) is 18.3 Å². The molecule has 1 saturated heterocycles. The molecular formula is C14H27N5O. The van der Waals surface area contributed by atoms with E-state index in [1.54, 1.807) is 0 Å². The highest BCUT2D eigenvalue weighted by molar-refractivity contribution is 5.30. The van der Waals surface area contributed by atoms with E-state index in [-0.39, 0.29) is 0 Å². The van der Waals surface area contributed by atoms with Crippen LogP contribution < -0.4 is 10.2 Å². The van der Waals surface area contributed by atoms with Crippen molar-refractivity contribution in [1.29, 1.82) is 0 Å². The molecule has 0 unspecified atom stereocenters. The molecule has 6 heteroatoms. The van der Waals surface area contributed by atoms with Gasteiger partial charge in [-0.15, -0.1) is 0 Å². The summed E-state index contributed by atoms with van der Waals surface area (Å²) in [6.07, 6.45) is 3.13. The highest BCUT2D eigenvalue weighted by Gasteiger charge is 2.10. The van der Waals surface area contributed by atoms with Gasteiger partial charge in [-0.3, -0.25) is 4.90 Å². The van der Waals surface area contributed by atoms with E-state index < -0.39 is 0 Å². The van der Waals surface area contributed by atoms with Gasteiger partial charge in [-0.2, -0.15) is 0 Å². The number of nitrogens with one attached hydrogen (secondary N) is 1. The number of hydrogen-bond acceptors (Lipinski definition) is 5. The molecule has 0 amide bonds. The largest absolute Gasteiger partial charge is 0.379 e. The van der Waals surface area contributed by atoms with Gasteiger partial charge in [-0.1, -0.05) is 0 Å². The molecule has 2 heterocycles. The molecule has 20 heavy (non-hydrogen) atoms. The monoisotopic (exact) mass is 281 g/mol. The number of imidazole rings is 1. The van der Waals surface area contributed by atoms with Crippen LogP contribution in [0.2, 0.25) is 0 Å². The lowest BCUT2D eigenvalue weighted by molar-refractivity contribution is 0.0374. The van der Waals surface area contributed by atoms with Crippen molar-refractivity contribution in [2.45, 2.75) is 13.0 Å². The number of anilines is 1. The SMILES string of the molecule is CN(C)c1ncc(CNCCCN2CCOCC2)n1C. The van der Waals surface area contributed by atoms with Gasteiger partial charge in [0.25, 0.3) is 0 Å². The highest BCUT2D eigenvalue weighted by atomic mass is 16.5. The normalized spacial score (nSPS) is 16.6. The molecule has 1 aliphatic heterocycles. The first-order chi connectivity index (χ1) is 9.68. The Kier molecular flexibility index (Phi) is 5.82. The fraction of sp³-hybridized carbons (Fsp3) is 0.786. The molecule has 0 aliphatic carbocycles. The summed E-state index contributed by atoms with van der Waals surface area (Å²) < 4.78 is 7.48. The van der Waals surface area contributed by atoms with E-state index in [1.165, 1.54) is 12.1 Å². The topological polar surface area (TPSA) is 45.6 Å². The lowest BCUT2D eigenvalue weighted by atomic mass is 10.3. The molecule has 0 radical (unpaired) electrons. The van der Waals surface area contributed by atoms with Crippen LogP contribution in [0.4, 0.5) is 5.95 Å². The molecule has 0 saturated carbocycles. The van der Waals surface area contributed by atoms with Gasteiger partial charge in [-0.05, 0) is 19.5 Å². The van der Waals surface area contributed by atoms with Crippen LogP contribution >= 0.6 is 0 Å². The van der Waals surface area contributed by atoms with Gasteiger partial charge < -0.3 is 19.5 Å². The predicted molar refractivity (Wildman–Crippen MR) is 81.1 cm³/mol. The summed E-state index contributed by atoms with van der Waals surface area (Å²) >= 11 is 0. The summed E-state index contributed by atoms with van der Waals surface area (Å²) in [6.45, 7) is 7.00. The fourth-order valence-corrected chi connectivity index (χ4v) is 2.48. The number of aromatic nitrogens is 2. The molecule has 1 aromatic heterocycles. The van der Waals surface area contributed by atoms with E-state index in [9.17, 15) is 0 Å². The molecule has 0 spiro atoms. The van der Waals surface area contributed by atoms with E-state index in [0.29, 0.717) is 0 Å². The Hall–Kier alpha value is -1.11. The van der Waals surface area contributed by atoms with E-state index in [0.717, 1.165) is 51.9 Å². The van der Waals surface area contributed by atoms with Crippen molar-refractivity contribution in [3.05, 3.63) is 11.9 Å². The Morgan fingerprint density at radius 1 is 1.35 bits per heavy atom. The molecule has 1 fully saturated rings. The molecule has 1 aromatic rings. The van der Waals surface area contributed by atoms with Gasteiger partial charge in [0.05, 0.1) is 25.1 Å². The third-order valence-electron chi connectivity index (χ3n) is 3.70. The van der Waals surface area contributed by atoms with Gasteiger partial charge in [0.15, 0.2) is 0 Å². The third-order valence-corrected chi connectivity index (χ3v) is 3.70. The second-order valence-electron chi connectivity index (χ2n) is 5.49. The minimum absolute atomic E-state index is 0.875. The molecular weight excluding hydrogens is 254 g/mol. The number of hydrogen-bond donors (Lipinski definition) is 1. The van der Waals surface area contributed by atoms with Crippen LogP contribution in [0.25, 0.3) is 0 Å². The van der Waals surface area contributed by atoms with E-state index in [2.05, 4.69) is 26.8 Å². The zero-order valence-electron chi connectivity index (χ0n) is 12.9. The maximum absolute atomic E-state index is 5.35. The van der Waals surface area contributed by atoms with Crippen LogP contribution in [0.5, 0.6) is 0 Å². The maximum Gasteiger partial charge on any atom is 0.204 e. The first kappa shape index (κ1) is 15.3. The van der Waals surface area contributed by atoms with Crippen molar-refractivity contribution in [3.63, 3.8) is 0 Å².